The van der Waals surface area contributed by atoms with Crippen LogP contribution in [0.4, 0.5) is 11.5 Å². The zero-order valence-electron chi connectivity index (χ0n) is 9.57. The molecule has 0 unspecified atom stereocenters. The van der Waals surface area contributed by atoms with Gasteiger partial charge >= 0.3 is 0 Å². The van der Waals surface area contributed by atoms with Gasteiger partial charge in [0, 0.05) is 22.3 Å². The summed E-state index contributed by atoms with van der Waals surface area (Å²) in [6, 6.07) is 8.15. The van der Waals surface area contributed by atoms with E-state index in [1.54, 1.807) is 18.0 Å². The van der Waals surface area contributed by atoms with Crippen LogP contribution in [0.2, 0.25) is 5.28 Å². The molecule has 0 fully saturated rings. The lowest BCUT2D eigenvalue weighted by atomic mass is 10.3. The van der Waals surface area contributed by atoms with Gasteiger partial charge < -0.3 is 5.32 Å². The fraction of sp³-hybridized carbons (Fsp3) is 0.167. The normalized spacial score (nSPS) is 10.3. The van der Waals surface area contributed by atoms with E-state index < -0.39 is 0 Å². The third-order valence-corrected chi connectivity index (χ3v) is 3.22. The summed E-state index contributed by atoms with van der Waals surface area (Å²) in [6.07, 6.45) is 3.75. The Hall–Kier alpha value is -1.26. The minimum Gasteiger partial charge on any atom is -0.340 e. The molecule has 1 N–H and O–H groups in total. The van der Waals surface area contributed by atoms with Crippen LogP contribution in [-0.2, 0) is 0 Å². The maximum atomic E-state index is 5.77. The van der Waals surface area contributed by atoms with E-state index in [0.717, 1.165) is 17.1 Å². The summed E-state index contributed by atoms with van der Waals surface area (Å²) < 4.78 is 0. The highest BCUT2D eigenvalue weighted by Gasteiger charge is 2.02. The Morgan fingerprint density at radius 2 is 1.94 bits per heavy atom. The van der Waals surface area contributed by atoms with E-state index in [0.29, 0.717) is 0 Å². The molecule has 5 heteroatoms. The highest BCUT2D eigenvalue weighted by Crippen LogP contribution is 2.22. The summed E-state index contributed by atoms with van der Waals surface area (Å²) in [5.41, 5.74) is 1.95. The van der Waals surface area contributed by atoms with Crippen molar-refractivity contribution in [1.29, 1.82) is 0 Å². The smallest absolute Gasteiger partial charge is 0.224 e. The van der Waals surface area contributed by atoms with E-state index in [2.05, 4.69) is 33.7 Å². The molecule has 0 atom stereocenters. The number of thioether (sulfide) groups is 1. The first-order chi connectivity index (χ1) is 8.19. The Kier molecular flexibility index (Phi) is 3.86. The van der Waals surface area contributed by atoms with E-state index in [-0.39, 0.29) is 5.28 Å². The molecule has 3 nitrogen and oxygen atoms in total. The number of aromatic nitrogens is 2. The minimum absolute atomic E-state index is 0.249. The van der Waals surface area contributed by atoms with Crippen LogP contribution >= 0.6 is 23.4 Å². The third-order valence-electron chi connectivity index (χ3n) is 2.30. The maximum absolute atomic E-state index is 5.77. The van der Waals surface area contributed by atoms with Crippen LogP contribution in [0.25, 0.3) is 0 Å². The second kappa shape index (κ2) is 5.38. The molecule has 0 bridgehead atoms. The van der Waals surface area contributed by atoms with Crippen LogP contribution in [0.3, 0.4) is 0 Å². The van der Waals surface area contributed by atoms with Gasteiger partial charge in [-0.15, -0.1) is 11.8 Å². The largest absolute Gasteiger partial charge is 0.340 e. The van der Waals surface area contributed by atoms with Crippen LogP contribution in [-0.4, -0.2) is 16.2 Å². The van der Waals surface area contributed by atoms with Crippen molar-refractivity contribution in [3.63, 3.8) is 0 Å². The van der Waals surface area contributed by atoms with E-state index in [1.165, 1.54) is 4.90 Å². The van der Waals surface area contributed by atoms with Crippen molar-refractivity contribution in [1.82, 2.24) is 9.97 Å². The monoisotopic (exact) mass is 265 g/mol. The average Bonchev–Trinajstić information content (AvgIpc) is 2.35. The molecule has 2 aromatic rings. The fourth-order valence-electron chi connectivity index (χ4n) is 1.36. The van der Waals surface area contributed by atoms with Gasteiger partial charge in [-0.2, -0.15) is 0 Å². The molecule has 1 aromatic heterocycles. The number of hydrogen-bond donors (Lipinski definition) is 1. The van der Waals surface area contributed by atoms with Crippen molar-refractivity contribution in [2.24, 2.45) is 0 Å². The average molecular weight is 266 g/mol. The van der Waals surface area contributed by atoms with Crippen molar-refractivity contribution in [3.05, 3.63) is 41.3 Å². The summed E-state index contributed by atoms with van der Waals surface area (Å²) in [5.74, 6) is 0.738. The van der Waals surface area contributed by atoms with Crippen molar-refractivity contribution in [3.8, 4) is 0 Å². The van der Waals surface area contributed by atoms with Gasteiger partial charge in [-0.3, -0.25) is 0 Å². The third kappa shape index (κ3) is 3.11. The molecule has 0 aliphatic heterocycles. The molecule has 0 amide bonds. The van der Waals surface area contributed by atoms with Crippen LogP contribution < -0.4 is 5.32 Å². The number of nitrogens with one attached hydrogen (secondary N) is 1. The Morgan fingerprint density at radius 1 is 1.24 bits per heavy atom. The predicted molar refractivity (Wildman–Crippen MR) is 73.3 cm³/mol. The van der Waals surface area contributed by atoms with Crippen molar-refractivity contribution >= 4 is 34.9 Å². The number of hydrogen-bond acceptors (Lipinski definition) is 4. The highest BCUT2D eigenvalue weighted by molar-refractivity contribution is 7.98. The molecule has 2 rings (SSSR count). The standard InChI is InChI=1S/C12H12ClN3S/c1-8-7-14-12(13)16-11(8)15-9-3-5-10(17-2)6-4-9/h3-7H,1-2H3,(H,14,15,16). The molecule has 88 valence electrons. The Balaban J connectivity index is 2.22. The van der Waals surface area contributed by atoms with Gasteiger partial charge in [0.25, 0.3) is 0 Å². The Morgan fingerprint density at radius 3 is 2.59 bits per heavy atom. The number of halogens is 1. The van der Waals surface area contributed by atoms with Crippen LogP contribution in [0.15, 0.2) is 35.4 Å². The molecule has 0 saturated carbocycles. The van der Waals surface area contributed by atoms with Crippen molar-refractivity contribution < 1.29 is 0 Å². The van der Waals surface area contributed by atoms with Gasteiger partial charge in [0.15, 0.2) is 0 Å². The number of anilines is 2. The van der Waals surface area contributed by atoms with Gasteiger partial charge in [-0.05, 0) is 49.0 Å². The lowest BCUT2D eigenvalue weighted by Crippen LogP contribution is -1.97. The summed E-state index contributed by atoms with van der Waals surface area (Å²) in [5, 5.41) is 3.47. The maximum Gasteiger partial charge on any atom is 0.224 e. The predicted octanol–water partition coefficient (Wildman–Crippen LogP) is 3.90. The molecule has 0 saturated heterocycles. The second-order valence-corrected chi connectivity index (χ2v) is 4.74. The van der Waals surface area contributed by atoms with Crippen LogP contribution in [0, 0.1) is 6.92 Å². The first-order valence-corrected chi connectivity index (χ1v) is 6.69. The topological polar surface area (TPSA) is 37.8 Å². The lowest BCUT2D eigenvalue weighted by Gasteiger charge is -2.08. The molecule has 17 heavy (non-hydrogen) atoms. The van der Waals surface area contributed by atoms with E-state index in [4.69, 9.17) is 11.6 Å². The molecule has 1 aromatic carbocycles. The second-order valence-electron chi connectivity index (χ2n) is 3.52. The molecule has 0 radical (unpaired) electrons. The molecule has 0 aliphatic rings. The van der Waals surface area contributed by atoms with E-state index in [1.807, 2.05) is 19.1 Å². The lowest BCUT2D eigenvalue weighted by molar-refractivity contribution is 1.13. The minimum atomic E-state index is 0.249. The highest BCUT2D eigenvalue weighted by atomic mass is 35.5. The Bertz CT molecular complexity index is 514. The van der Waals surface area contributed by atoms with Crippen LogP contribution in [0.1, 0.15) is 5.56 Å². The van der Waals surface area contributed by atoms with Gasteiger partial charge in [-0.25, -0.2) is 9.97 Å². The molecule has 1 heterocycles. The van der Waals surface area contributed by atoms with Gasteiger partial charge in [-0.1, -0.05) is 0 Å². The zero-order chi connectivity index (χ0) is 12.3. The fourth-order valence-corrected chi connectivity index (χ4v) is 1.90. The number of nitrogens with zero attached hydrogens (tertiary/aromatic N) is 2. The number of aryl methyl sites for hydroxylation is 1. The van der Waals surface area contributed by atoms with Crippen LogP contribution in [0.5, 0.6) is 0 Å². The van der Waals surface area contributed by atoms with Gasteiger partial charge in [0.2, 0.25) is 5.28 Å². The van der Waals surface area contributed by atoms with Gasteiger partial charge in [0.1, 0.15) is 5.82 Å². The summed E-state index contributed by atoms with van der Waals surface area (Å²) in [6.45, 7) is 1.94. The van der Waals surface area contributed by atoms with E-state index in [9.17, 15) is 0 Å². The SMILES string of the molecule is CSc1ccc(Nc2nc(Cl)ncc2C)cc1. The summed E-state index contributed by atoms with van der Waals surface area (Å²) in [4.78, 5) is 9.30. The van der Waals surface area contributed by atoms with E-state index >= 15 is 0 Å². The molecular weight excluding hydrogens is 254 g/mol. The quantitative estimate of drug-likeness (QED) is 0.675. The first kappa shape index (κ1) is 12.2. The summed E-state index contributed by atoms with van der Waals surface area (Å²) in [7, 11) is 0. The first-order valence-electron chi connectivity index (χ1n) is 5.09. The summed E-state index contributed by atoms with van der Waals surface area (Å²) >= 11 is 7.48. The number of benzene rings is 1. The molecule has 0 aliphatic carbocycles. The van der Waals surface area contributed by atoms with Crippen molar-refractivity contribution in [2.75, 3.05) is 11.6 Å². The number of rotatable bonds is 3. The van der Waals surface area contributed by atoms with Gasteiger partial charge in [0.05, 0.1) is 0 Å². The molecular formula is C12H12ClN3S. The zero-order valence-corrected chi connectivity index (χ0v) is 11.1. The molecule has 0 spiro atoms. The van der Waals surface area contributed by atoms with Crippen molar-refractivity contribution in [2.45, 2.75) is 11.8 Å². The Labute approximate surface area is 110 Å².